The Bertz CT molecular complexity index is 562. The van der Waals surface area contributed by atoms with E-state index in [9.17, 15) is 13.2 Å². The summed E-state index contributed by atoms with van der Waals surface area (Å²) in [5.41, 5.74) is 2.00. The molecule has 0 unspecified atom stereocenters. The fourth-order valence-electron chi connectivity index (χ4n) is 2.35. The number of rotatable bonds is 3. The van der Waals surface area contributed by atoms with Crippen LogP contribution in [0.2, 0.25) is 0 Å². The lowest BCUT2D eigenvalue weighted by Gasteiger charge is -2.21. The van der Waals surface area contributed by atoms with Gasteiger partial charge in [-0.2, -0.15) is 0 Å². The fourth-order valence-corrected chi connectivity index (χ4v) is 3.84. The van der Waals surface area contributed by atoms with Crippen molar-refractivity contribution in [2.75, 3.05) is 16.8 Å². The van der Waals surface area contributed by atoms with E-state index in [1.54, 1.807) is 0 Å². The average molecular weight is 295 g/mol. The number of carbonyl (C=O) groups is 1. The highest BCUT2D eigenvalue weighted by atomic mass is 32.2. The number of amides is 1. The van der Waals surface area contributed by atoms with Crippen molar-refractivity contribution in [1.82, 2.24) is 0 Å². The Balaban J connectivity index is 1.95. The van der Waals surface area contributed by atoms with E-state index < -0.39 is 9.84 Å². The van der Waals surface area contributed by atoms with Crippen LogP contribution in [0.15, 0.2) is 24.3 Å². The van der Waals surface area contributed by atoms with E-state index in [1.807, 2.05) is 24.3 Å². The molecule has 0 saturated carbocycles. The van der Waals surface area contributed by atoms with Gasteiger partial charge in [0, 0.05) is 11.6 Å². The van der Waals surface area contributed by atoms with Gasteiger partial charge in [0.1, 0.15) is 9.84 Å². The molecule has 1 aromatic carbocycles. The summed E-state index contributed by atoms with van der Waals surface area (Å²) in [7, 11) is -2.92. The molecule has 5 heteroatoms. The first-order valence-electron chi connectivity index (χ1n) is 6.98. The Morgan fingerprint density at radius 1 is 1.15 bits per heavy atom. The van der Waals surface area contributed by atoms with Gasteiger partial charge >= 0.3 is 0 Å². The lowest BCUT2D eigenvalue weighted by Crippen LogP contribution is -2.31. The normalized spacial score (nSPS) is 18.9. The van der Waals surface area contributed by atoms with Crippen LogP contribution in [0.25, 0.3) is 0 Å². The van der Waals surface area contributed by atoms with E-state index in [0.717, 1.165) is 5.69 Å². The zero-order valence-corrected chi connectivity index (χ0v) is 12.7. The SMILES string of the molecule is CC(C)c1ccc(NC(=O)C2CCS(=O)(=O)CC2)cc1. The van der Waals surface area contributed by atoms with Crippen molar-refractivity contribution in [1.29, 1.82) is 0 Å². The first-order valence-corrected chi connectivity index (χ1v) is 8.81. The predicted octanol–water partition coefficient (Wildman–Crippen LogP) is 2.57. The van der Waals surface area contributed by atoms with E-state index >= 15 is 0 Å². The maximum Gasteiger partial charge on any atom is 0.227 e. The summed E-state index contributed by atoms with van der Waals surface area (Å²) in [6, 6.07) is 7.80. The highest BCUT2D eigenvalue weighted by Crippen LogP contribution is 2.22. The zero-order valence-electron chi connectivity index (χ0n) is 11.9. The van der Waals surface area contributed by atoms with Crippen molar-refractivity contribution >= 4 is 21.4 Å². The predicted molar refractivity (Wildman–Crippen MR) is 80.5 cm³/mol. The molecule has 2 rings (SSSR count). The van der Waals surface area contributed by atoms with Crippen molar-refractivity contribution in [3.05, 3.63) is 29.8 Å². The topological polar surface area (TPSA) is 63.2 Å². The molecule has 1 aliphatic rings. The molecule has 0 aliphatic carbocycles. The van der Waals surface area contributed by atoms with Gasteiger partial charge in [-0.15, -0.1) is 0 Å². The van der Waals surface area contributed by atoms with Crippen LogP contribution in [-0.4, -0.2) is 25.8 Å². The Labute approximate surface area is 120 Å². The highest BCUT2D eigenvalue weighted by molar-refractivity contribution is 7.91. The second-order valence-electron chi connectivity index (χ2n) is 5.69. The molecule has 0 bridgehead atoms. The first-order chi connectivity index (χ1) is 9.37. The van der Waals surface area contributed by atoms with Crippen molar-refractivity contribution in [3.63, 3.8) is 0 Å². The Kier molecular flexibility index (Phi) is 4.48. The maximum absolute atomic E-state index is 12.1. The maximum atomic E-state index is 12.1. The number of carbonyl (C=O) groups excluding carboxylic acids is 1. The molecule has 0 radical (unpaired) electrons. The molecule has 0 spiro atoms. The van der Waals surface area contributed by atoms with E-state index in [4.69, 9.17) is 0 Å². The molecule has 1 heterocycles. The molecule has 0 atom stereocenters. The summed E-state index contributed by atoms with van der Waals surface area (Å²) < 4.78 is 22.7. The Hall–Kier alpha value is -1.36. The van der Waals surface area contributed by atoms with Crippen LogP contribution in [-0.2, 0) is 14.6 Å². The monoisotopic (exact) mass is 295 g/mol. The van der Waals surface area contributed by atoms with Crippen LogP contribution < -0.4 is 5.32 Å². The Morgan fingerprint density at radius 2 is 1.70 bits per heavy atom. The zero-order chi connectivity index (χ0) is 14.8. The van der Waals surface area contributed by atoms with Gasteiger partial charge in [0.2, 0.25) is 5.91 Å². The smallest absolute Gasteiger partial charge is 0.227 e. The molecule has 1 fully saturated rings. The quantitative estimate of drug-likeness (QED) is 0.932. The summed E-state index contributed by atoms with van der Waals surface area (Å²) in [5, 5.41) is 2.87. The standard InChI is InChI=1S/C15H21NO3S/c1-11(2)12-3-5-14(6-4-12)16-15(17)13-7-9-20(18,19)10-8-13/h3-6,11,13H,7-10H2,1-2H3,(H,16,17). The van der Waals surface area contributed by atoms with Crippen molar-refractivity contribution < 1.29 is 13.2 Å². The lowest BCUT2D eigenvalue weighted by molar-refractivity contribution is -0.120. The van der Waals surface area contributed by atoms with E-state index in [2.05, 4.69) is 19.2 Å². The minimum atomic E-state index is -2.92. The molecule has 1 N–H and O–H groups in total. The van der Waals surface area contributed by atoms with Crippen LogP contribution in [0.1, 0.15) is 38.2 Å². The summed E-state index contributed by atoms with van der Waals surface area (Å²) in [6.45, 7) is 4.24. The van der Waals surface area contributed by atoms with Crippen LogP contribution in [0, 0.1) is 5.92 Å². The number of benzene rings is 1. The second-order valence-corrected chi connectivity index (χ2v) is 8.00. The number of hydrogen-bond acceptors (Lipinski definition) is 3. The van der Waals surface area contributed by atoms with Gasteiger partial charge < -0.3 is 5.32 Å². The van der Waals surface area contributed by atoms with Gasteiger partial charge in [0.25, 0.3) is 0 Å². The molecular weight excluding hydrogens is 274 g/mol. The molecule has 1 aromatic rings. The summed E-state index contributed by atoms with van der Waals surface area (Å²) in [6.07, 6.45) is 0.858. The molecular formula is C15H21NO3S. The second kappa shape index (κ2) is 5.95. The molecule has 4 nitrogen and oxygen atoms in total. The molecule has 1 amide bonds. The van der Waals surface area contributed by atoms with Crippen molar-refractivity contribution in [2.24, 2.45) is 5.92 Å². The molecule has 1 saturated heterocycles. The van der Waals surface area contributed by atoms with Gasteiger partial charge in [-0.25, -0.2) is 8.42 Å². The molecule has 20 heavy (non-hydrogen) atoms. The third kappa shape index (κ3) is 3.82. The number of nitrogens with one attached hydrogen (secondary N) is 1. The van der Waals surface area contributed by atoms with Gasteiger partial charge in [-0.1, -0.05) is 26.0 Å². The van der Waals surface area contributed by atoms with E-state index in [-0.39, 0.29) is 23.3 Å². The van der Waals surface area contributed by atoms with Crippen LogP contribution in [0.5, 0.6) is 0 Å². The summed E-state index contributed by atoms with van der Waals surface area (Å²) in [4.78, 5) is 12.1. The van der Waals surface area contributed by atoms with Gasteiger partial charge in [-0.3, -0.25) is 4.79 Å². The number of anilines is 1. The lowest BCUT2D eigenvalue weighted by atomic mass is 10.0. The summed E-state index contributed by atoms with van der Waals surface area (Å²) >= 11 is 0. The molecule has 1 aliphatic heterocycles. The largest absolute Gasteiger partial charge is 0.326 e. The minimum absolute atomic E-state index is 0.0720. The van der Waals surface area contributed by atoms with Crippen molar-refractivity contribution in [2.45, 2.75) is 32.6 Å². The third-order valence-corrected chi connectivity index (χ3v) is 5.49. The van der Waals surface area contributed by atoms with Gasteiger partial charge in [-0.05, 0) is 36.5 Å². The van der Waals surface area contributed by atoms with Crippen molar-refractivity contribution in [3.8, 4) is 0 Å². The third-order valence-electron chi connectivity index (χ3n) is 3.77. The average Bonchev–Trinajstić information content (AvgIpc) is 2.39. The Morgan fingerprint density at radius 3 is 2.20 bits per heavy atom. The number of hydrogen-bond donors (Lipinski definition) is 1. The molecule has 110 valence electrons. The van der Waals surface area contributed by atoms with Gasteiger partial charge in [0.05, 0.1) is 11.5 Å². The first kappa shape index (κ1) is 15.0. The highest BCUT2D eigenvalue weighted by Gasteiger charge is 2.28. The fraction of sp³-hybridized carbons (Fsp3) is 0.533. The van der Waals surface area contributed by atoms with Crippen LogP contribution in [0.3, 0.4) is 0 Å². The minimum Gasteiger partial charge on any atom is -0.326 e. The number of sulfone groups is 1. The van der Waals surface area contributed by atoms with E-state index in [1.165, 1.54) is 5.56 Å². The van der Waals surface area contributed by atoms with E-state index in [0.29, 0.717) is 18.8 Å². The summed E-state index contributed by atoms with van der Waals surface area (Å²) in [5.74, 6) is 0.443. The molecule has 0 aromatic heterocycles. The van der Waals surface area contributed by atoms with Crippen LogP contribution >= 0.6 is 0 Å². The van der Waals surface area contributed by atoms with Gasteiger partial charge in [0.15, 0.2) is 0 Å². The van der Waals surface area contributed by atoms with Crippen LogP contribution in [0.4, 0.5) is 5.69 Å².